The van der Waals surface area contributed by atoms with Crippen molar-refractivity contribution in [2.45, 2.75) is 13.0 Å². The fourth-order valence-corrected chi connectivity index (χ4v) is 5.60. The van der Waals surface area contributed by atoms with E-state index in [0.29, 0.717) is 43.1 Å². The number of nitrogen functional groups attached to an aromatic ring is 1. The molecule has 0 bridgehead atoms. The van der Waals surface area contributed by atoms with Crippen LogP contribution < -0.4 is 16.1 Å². The lowest BCUT2D eigenvalue weighted by Crippen LogP contribution is -2.22. The molecule has 1 unspecified atom stereocenters. The quantitative estimate of drug-likeness (QED) is 0.273. The number of nitrogens with zero attached hydrogens (tertiary/aromatic N) is 5. The van der Waals surface area contributed by atoms with Crippen molar-refractivity contribution in [3.05, 3.63) is 88.8 Å². The van der Waals surface area contributed by atoms with Crippen molar-refractivity contribution in [1.82, 2.24) is 19.7 Å². The van der Waals surface area contributed by atoms with Crippen LogP contribution >= 0.6 is 11.3 Å². The van der Waals surface area contributed by atoms with E-state index < -0.39 is 18.0 Å². The van der Waals surface area contributed by atoms with Gasteiger partial charge in [-0.05, 0) is 48.9 Å². The first-order valence-corrected chi connectivity index (χ1v) is 12.9. The molecule has 0 fully saturated rings. The van der Waals surface area contributed by atoms with Crippen LogP contribution in [0.5, 0.6) is 0 Å². The smallest absolute Gasteiger partial charge is 0.412 e. The molecule has 0 spiro atoms. The number of para-hydroxylation sites is 1. The van der Waals surface area contributed by atoms with E-state index in [0.717, 1.165) is 4.90 Å². The highest BCUT2D eigenvalue weighted by atomic mass is 32.1. The minimum Gasteiger partial charge on any atom is -0.465 e. The normalized spacial score (nSPS) is 12.2. The summed E-state index contributed by atoms with van der Waals surface area (Å²) in [6.07, 6.45) is 0.213. The highest BCUT2D eigenvalue weighted by Crippen LogP contribution is 2.40. The van der Waals surface area contributed by atoms with Crippen LogP contribution in [0.3, 0.4) is 0 Å². The zero-order chi connectivity index (χ0) is 28.1. The first kappa shape index (κ1) is 25.2. The third-order valence-corrected chi connectivity index (χ3v) is 7.81. The van der Waals surface area contributed by atoms with Crippen molar-refractivity contribution in [2.24, 2.45) is 0 Å². The minimum atomic E-state index is -1.10. The lowest BCUT2D eigenvalue weighted by Gasteiger charge is -2.17. The van der Waals surface area contributed by atoms with Crippen LogP contribution in [0.1, 0.15) is 18.7 Å². The number of hydrogen-bond acceptors (Lipinski definition) is 8. The Morgan fingerprint density at radius 3 is 2.73 bits per heavy atom. The van der Waals surface area contributed by atoms with Gasteiger partial charge in [0.25, 0.3) is 0 Å². The molecule has 0 radical (unpaired) electrons. The number of benzene rings is 2. The van der Waals surface area contributed by atoms with Gasteiger partial charge in [-0.2, -0.15) is 5.10 Å². The van der Waals surface area contributed by atoms with E-state index in [2.05, 4.69) is 9.97 Å². The van der Waals surface area contributed by atoms with E-state index in [-0.39, 0.29) is 22.6 Å². The summed E-state index contributed by atoms with van der Waals surface area (Å²) in [5.74, 6) is -0.0407. The number of amides is 1. The van der Waals surface area contributed by atoms with E-state index in [1.165, 1.54) is 42.9 Å². The largest absolute Gasteiger partial charge is 0.465 e. The van der Waals surface area contributed by atoms with Crippen LogP contribution in [0, 0.1) is 5.82 Å². The van der Waals surface area contributed by atoms with Crippen LogP contribution in [0.4, 0.5) is 20.0 Å². The zero-order valence-electron chi connectivity index (χ0n) is 21.2. The molecule has 1 atom stereocenters. The van der Waals surface area contributed by atoms with Crippen LogP contribution in [0.25, 0.3) is 43.7 Å². The molecular weight excluding hydrogens is 535 g/mol. The summed E-state index contributed by atoms with van der Waals surface area (Å²) in [4.78, 5) is 35.5. The summed E-state index contributed by atoms with van der Waals surface area (Å²) in [5, 5.41) is 15.5. The predicted molar refractivity (Wildman–Crippen MR) is 151 cm³/mol. The van der Waals surface area contributed by atoms with Gasteiger partial charge in [0.05, 0.1) is 21.2 Å². The van der Waals surface area contributed by atoms with Crippen LogP contribution in [-0.4, -0.2) is 38.0 Å². The summed E-state index contributed by atoms with van der Waals surface area (Å²) in [6, 6.07) is 15.4. The molecule has 10 nitrogen and oxygen atoms in total. The number of nitrogens with two attached hydrogens (primary N) is 1. The molecule has 0 saturated carbocycles. The van der Waals surface area contributed by atoms with Crippen molar-refractivity contribution < 1.29 is 18.7 Å². The molecule has 6 aromatic rings. The number of carbonyl (C=O) groups is 1. The van der Waals surface area contributed by atoms with E-state index in [4.69, 9.17) is 15.2 Å². The van der Waals surface area contributed by atoms with Gasteiger partial charge >= 0.3 is 6.09 Å². The van der Waals surface area contributed by atoms with Crippen LogP contribution in [0.15, 0.2) is 76.2 Å². The second kappa shape index (κ2) is 9.58. The average Bonchev–Trinajstić information content (AvgIpc) is 3.58. The third-order valence-electron chi connectivity index (χ3n) is 6.65. The van der Waals surface area contributed by atoms with Gasteiger partial charge in [-0.25, -0.2) is 23.8 Å². The molecule has 40 heavy (non-hydrogen) atoms. The molecule has 0 aliphatic rings. The molecule has 0 aliphatic carbocycles. The molecule has 6 rings (SSSR count). The van der Waals surface area contributed by atoms with E-state index >= 15 is 0 Å². The fourth-order valence-electron chi connectivity index (χ4n) is 4.65. The monoisotopic (exact) mass is 556 g/mol. The highest BCUT2D eigenvalue weighted by molar-refractivity contribution is 7.19. The lowest BCUT2D eigenvalue weighted by molar-refractivity contribution is 0.203. The SMILES string of the molecule is CC(c1oc2ccccc2c(=O)c1-c1cccc(F)c1)n1nc(-c2ccc(N(C)C(=O)O)s2)c2c(N)ncnc21. The summed E-state index contributed by atoms with van der Waals surface area (Å²) < 4.78 is 22.2. The van der Waals surface area contributed by atoms with Crippen LogP contribution in [0.2, 0.25) is 0 Å². The molecule has 4 heterocycles. The lowest BCUT2D eigenvalue weighted by atomic mass is 9.99. The van der Waals surface area contributed by atoms with Gasteiger partial charge in [0.2, 0.25) is 5.43 Å². The Kier molecular flexibility index (Phi) is 6.03. The molecule has 4 aromatic heterocycles. The second-order valence-corrected chi connectivity index (χ2v) is 10.1. The number of hydrogen-bond donors (Lipinski definition) is 2. The molecule has 1 amide bonds. The van der Waals surface area contributed by atoms with Crippen molar-refractivity contribution >= 4 is 50.3 Å². The van der Waals surface area contributed by atoms with Gasteiger partial charge in [0.15, 0.2) is 5.65 Å². The van der Waals surface area contributed by atoms with Crippen LogP contribution in [-0.2, 0) is 0 Å². The fraction of sp³-hybridized carbons (Fsp3) is 0.107. The van der Waals surface area contributed by atoms with Crippen molar-refractivity contribution in [3.8, 4) is 21.7 Å². The van der Waals surface area contributed by atoms with E-state index in [9.17, 15) is 19.1 Å². The number of thiophene rings is 1. The van der Waals surface area contributed by atoms with Gasteiger partial charge in [-0.3, -0.25) is 9.69 Å². The highest BCUT2D eigenvalue weighted by Gasteiger charge is 2.27. The summed E-state index contributed by atoms with van der Waals surface area (Å²) >= 11 is 1.22. The van der Waals surface area contributed by atoms with Gasteiger partial charge in [0.1, 0.15) is 46.0 Å². The Bertz CT molecular complexity index is 2000. The maximum absolute atomic E-state index is 14.3. The Hall–Kier alpha value is -5.10. The molecule has 2 aromatic carbocycles. The van der Waals surface area contributed by atoms with Gasteiger partial charge < -0.3 is 15.3 Å². The maximum atomic E-state index is 14.3. The Balaban J connectivity index is 1.59. The minimum absolute atomic E-state index is 0.185. The number of aromatic nitrogens is 4. The summed E-state index contributed by atoms with van der Waals surface area (Å²) in [7, 11) is 1.45. The second-order valence-electron chi connectivity index (χ2n) is 9.08. The molecule has 200 valence electrons. The van der Waals surface area contributed by atoms with E-state index in [1.807, 2.05) is 0 Å². The molecule has 0 aliphatic heterocycles. The molecule has 0 saturated heterocycles. The summed E-state index contributed by atoms with van der Waals surface area (Å²) in [6.45, 7) is 1.79. The standard InChI is InChI=1S/C28H21FN6O4S/c1-14(25-21(15-6-5-7-16(29)12-15)24(36)17-8-3-4-9-18(17)39-25)35-27-22(26(30)31-13-32-27)23(33-35)19-10-11-20(40-19)34(2)28(37)38/h3-14H,1-2H3,(H,37,38)(H2,30,31,32). The third kappa shape index (κ3) is 4.05. The molecule has 12 heteroatoms. The van der Waals surface area contributed by atoms with Crippen molar-refractivity contribution in [2.75, 3.05) is 17.7 Å². The van der Waals surface area contributed by atoms with E-state index in [1.54, 1.807) is 54.1 Å². The predicted octanol–water partition coefficient (Wildman–Crippen LogP) is 5.77. The number of fused-ring (bicyclic) bond motifs is 2. The average molecular weight is 557 g/mol. The zero-order valence-corrected chi connectivity index (χ0v) is 22.0. The van der Waals surface area contributed by atoms with Crippen molar-refractivity contribution in [3.63, 3.8) is 0 Å². The number of carboxylic acid groups (broad SMARTS) is 1. The first-order chi connectivity index (χ1) is 19.2. The maximum Gasteiger partial charge on any atom is 0.412 e. The molecular formula is C28H21FN6O4S. The topological polar surface area (TPSA) is 140 Å². The Labute approximate surface area is 229 Å². The Morgan fingerprint density at radius 2 is 1.95 bits per heavy atom. The van der Waals surface area contributed by atoms with Gasteiger partial charge in [0, 0.05) is 7.05 Å². The molecule has 3 N–H and O–H groups in total. The van der Waals surface area contributed by atoms with Gasteiger partial charge in [-0.15, -0.1) is 11.3 Å². The summed E-state index contributed by atoms with van der Waals surface area (Å²) in [5.41, 5.74) is 7.76. The number of rotatable bonds is 5. The number of halogens is 1. The van der Waals surface area contributed by atoms with Crippen molar-refractivity contribution in [1.29, 1.82) is 0 Å². The van der Waals surface area contributed by atoms with Gasteiger partial charge in [-0.1, -0.05) is 24.3 Å². The first-order valence-electron chi connectivity index (χ1n) is 12.1. The number of anilines is 2. The Morgan fingerprint density at radius 1 is 1.15 bits per heavy atom.